The van der Waals surface area contributed by atoms with Crippen LogP contribution in [0.15, 0.2) is 35.9 Å². The molecule has 30 heavy (non-hydrogen) atoms. The lowest BCUT2D eigenvalue weighted by Crippen LogP contribution is -2.51. The molecule has 1 aromatic rings. The van der Waals surface area contributed by atoms with Crippen molar-refractivity contribution in [1.29, 1.82) is 0 Å². The summed E-state index contributed by atoms with van der Waals surface area (Å²) in [5.74, 6) is 2.16. The minimum absolute atomic E-state index is 0.0215. The Kier molecular flexibility index (Phi) is 4.72. The Balaban J connectivity index is 1.37. The highest BCUT2D eigenvalue weighted by molar-refractivity contribution is 5.92. The number of allylic oxidation sites excluding steroid dienone is 1. The zero-order valence-corrected chi connectivity index (χ0v) is 18.6. The molecule has 0 saturated heterocycles. The molecule has 0 amide bonds. The number of aryl methyl sites for hydroxylation is 1. The van der Waals surface area contributed by atoms with Gasteiger partial charge in [-0.2, -0.15) is 0 Å². The van der Waals surface area contributed by atoms with Gasteiger partial charge in [0.05, 0.1) is 5.56 Å². The van der Waals surface area contributed by atoms with Crippen molar-refractivity contribution in [1.82, 2.24) is 0 Å². The molecule has 0 heterocycles. The molecule has 3 fully saturated rings. The zero-order valence-electron chi connectivity index (χ0n) is 18.6. The van der Waals surface area contributed by atoms with Gasteiger partial charge in [-0.05, 0) is 92.7 Å². The topological polar surface area (TPSA) is 43.4 Å². The van der Waals surface area contributed by atoms with Gasteiger partial charge in [0.1, 0.15) is 6.10 Å². The molecule has 0 N–H and O–H groups in total. The first-order valence-electron chi connectivity index (χ1n) is 11.8. The number of ketones is 1. The van der Waals surface area contributed by atoms with Crippen molar-refractivity contribution in [3.8, 4) is 0 Å². The second-order valence-corrected chi connectivity index (χ2v) is 10.8. The SMILES string of the molecule is Cc1ccccc1C(=O)OC1CC[C@H]2[C@@H]3CCC4=CC(=O)CC[C@]4(C)[C@@H]3CC[C@]12C. The molecule has 0 spiro atoms. The van der Waals surface area contributed by atoms with Crippen LogP contribution in [0.25, 0.3) is 0 Å². The first-order chi connectivity index (χ1) is 14.3. The van der Waals surface area contributed by atoms with Crippen LogP contribution < -0.4 is 0 Å². The number of fused-ring (bicyclic) bond motifs is 5. The summed E-state index contributed by atoms with van der Waals surface area (Å²) in [6.45, 7) is 6.79. The van der Waals surface area contributed by atoms with E-state index in [1.54, 1.807) is 0 Å². The monoisotopic (exact) mass is 406 g/mol. The molecule has 1 unspecified atom stereocenters. The summed E-state index contributed by atoms with van der Waals surface area (Å²) in [5.41, 5.74) is 3.39. The van der Waals surface area contributed by atoms with E-state index in [4.69, 9.17) is 4.74 Å². The van der Waals surface area contributed by atoms with Crippen LogP contribution in [0.3, 0.4) is 0 Å². The minimum Gasteiger partial charge on any atom is -0.458 e. The summed E-state index contributed by atoms with van der Waals surface area (Å²) < 4.78 is 6.18. The van der Waals surface area contributed by atoms with Crippen LogP contribution in [0.1, 0.15) is 81.1 Å². The van der Waals surface area contributed by atoms with Crippen molar-refractivity contribution in [3.63, 3.8) is 0 Å². The molecule has 160 valence electrons. The summed E-state index contributed by atoms with van der Waals surface area (Å²) in [5, 5.41) is 0. The van der Waals surface area contributed by atoms with Crippen molar-refractivity contribution >= 4 is 11.8 Å². The number of carbonyl (C=O) groups excluding carboxylic acids is 2. The highest BCUT2D eigenvalue weighted by Crippen LogP contribution is 2.65. The van der Waals surface area contributed by atoms with E-state index >= 15 is 0 Å². The van der Waals surface area contributed by atoms with E-state index in [0.29, 0.717) is 35.5 Å². The zero-order chi connectivity index (χ0) is 21.1. The summed E-state index contributed by atoms with van der Waals surface area (Å²) in [4.78, 5) is 24.9. The van der Waals surface area contributed by atoms with E-state index in [1.165, 1.54) is 18.4 Å². The number of carbonyl (C=O) groups is 2. The van der Waals surface area contributed by atoms with Crippen LogP contribution >= 0.6 is 0 Å². The van der Waals surface area contributed by atoms with Gasteiger partial charge in [0.25, 0.3) is 0 Å². The lowest BCUT2D eigenvalue weighted by molar-refractivity contribution is -0.118. The molecule has 0 bridgehead atoms. The molecule has 3 nitrogen and oxygen atoms in total. The second kappa shape index (κ2) is 7.07. The Bertz CT molecular complexity index is 914. The van der Waals surface area contributed by atoms with Gasteiger partial charge >= 0.3 is 5.97 Å². The summed E-state index contributed by atoms with van der Waals surface area (Å²) in [6, 6.07) is 7.73. The Morgan fingerprint density at radius 3 is 2.60 bits per heavy atom. The fourth-order valence-corrected chi connectivity index (χ4v) is 7.70. The van der Waals surface area contributed by atoms with Gasteiger partial charge < -0.3 is 4.74 Å². The largest absolute Gasteiger partial charge is 0.458 e. The van der Waals surface area contributed by atoms with Crippen molar-refractivity contribution in [2.24, 2.45) is 28.6 Å². The van der Waals surface area contributed by atoms with Gasteiger partial charge in [0, 0.05) is 11.8 Å². The van der Waals surface area contributed by atoms with Gasteiger partial charge in [-0.3, -0.25) is 4.79 Å². The van der Waals surface area contributed by atoms with Gasteiger partial charge in [-0.25, -0.2) is 4.79 Å². The molecule has 3 heteroatoms. The highest BCUT2D eigenvalue weighted by Gasteiger charge is 2.60. The van der Waals surface area contributed by atoms with Gasteiger partial charge in [0.2, 0.25) is 0 Å². The maximum Gasteiger partial charge on any atom is 0.338 e. The van der Waals surface area contributed by atoms with E-state index in [9.17, 15) is 9.59 Å². The molecule has 1 aromatic carbocycles. The van der Waals surface area contributed by atoms with Crippen LogP contribution in [0.4, 0.5) is 0 Å². The van der Waals surface area contributed by atoms with Crippen molar-refractivity contribution in [3.05, 3.63) is 47.0 Å². The van der Waals surface area contributed by atoms with Gasteiger partial charge in [-0.1, -0.05) is 37.6 Å². The normalized spacial score (nSPS) is 40.1. The Hall–Kier alpha value is -1.90. The minimum atomic E-state index is -0.159. The van der Waals surface area contributed by atoms with Gasteiger partial charge in [-0.15, -0.1) is 0 Å². The van der Waals surface area contributed by atoms with Crippen molar-refractivity contribution in [2.45, 2.75) is 78.2 Å². The second-order valence-electron chi connectivity index (χ2n) is 10.8. The smallest absolute Gasteiger partial charge is 0.338 e. The molecule has 0 aliphatic heterocycles. The molecular weight excluding hydrogens is 372 g/mol. The Morgan fingerprint density at radius 1 is 1.00 bits per heavy atom. The fourth-order valence-electron chi connectivity index (χ4n) is 7.70. The van der Waals surface area contributed by atoms with Crippen LogP contribution in [0, 0.1) is 35.5 Å². The summed E-state index contributed by atoms with van der Waals surface area (Å²) >= 11 is 0. The predicted molar refractivity (Wildman–Crippen MR) is 117 cm³/mol. The first-order valence-corrected chi connectivity index (χ1v) is 11.8. The van der Waals surface area contributed by atoms with E-state index < -0.39 is 0 Å². The average molecular weight is 407 g/mol. The molecule has 6 atom stereocenters. The third kappa shape index (κ3) is 2.92. The lowest BCUT2D eigenvalue weighted by atomic mass is 9.47. The standard InChI is InChI=1S/C27H34O3/c1-17-6-4-5-7-20(17)25(29)30-24-11-10-22-21-9-8-18-16-19(28)12-14-26(18,2)23(21)13-15-27(22,24)3/h4-7,16,21-24H,8-15H2,1-3H3/t21-,22-,23+,24?,26-,27-/m0/s1. The molecule has 4 aliphatic rings. The number of esters is 1. The summed E-state index contributed by atoms with van der Waals surface area (Å²) in [6.07, 6.45) is 10.5. The number of ether oxygens (including phenoxy) is 1. The fraction of sp³-hybridized carbons (Fsp3) is 0.630. The predicted octanol–water partition coefficient (Wildman–Crippen LogP) is 6.05. The highest BCUT2D eigenvalue weighted by atomic mass is 16.5. The average Bonchev–Trinajstić information content (AvgIpc) is 3.05. The van der Waals surface area contributed by atoms with Crippen molar-refractivity contribution < 1.29 is 14.3 Å². The molecule has 4 aliphatic carbocycles. The molecular formula is C27H34O3. The number of rotatable bonds is 2. The number of benzene rings is 1. The quantitative estimate of drug-likeness (QED) is 0.561. The molecule has 3 saturated carbocycles. The van der Waals surface area contributed by atoms with Crippen molar-refractivity contribution in [2.75, 3.05) is 0 Å². The van der Waals surface area contributed by atoms with E-state index in [0.717, 1.165) is 37.7 Å². The molecule has 0 radical (unpaired) electrons. The molecule has 5 rings (SSSR count). The van der Waals surface area contributed by atoms with Crippen LogP contribution in [0.2, 0.25) is 0 Å². The maximum atomic E-state index is 12.9. The Morgan fingerprint density at radius 2 is 1.80 bits per heavy atom. The van der Waals surface area contributed by atoms with Gasteiger partial charge in [0.15, 0.2) is 5.78 Å². The van der Waals surface area contributed by atoms with Crippen LogP contribution in [0.5, 0.6) is 0 Å². The Labute approximate surface area is 180 Å². The van der Waals surface area contributed by atoms with E-state index in [-0.39, 0.29) is 22.9 Å². The third-order valence-corrected chi connectivity index (χ3v) is 9.49. The van der Waals surface area contributed by atoms with E-state index in [2.05, 4.69) is 13.8 Å². The third-order valence-electron chi connectivity index (χ3n) is 9.49. The van der Waals surface area contributed by atoms with E-state index in [1.807, 2.05) is 37.3 Å². The lowest BCUT2D eigenvalue weighted by Gasteiger charge is -2.57. The van der Waals surface area contributed by atoms with Crippen LogP contribution in [-0.4, -0.2) is 17.9 Å². The summed E-state index contributed by atoms with van der Waals surface area (Å²) in [7, 11) is 0. The first kappa shape index (κ1) is 20.0. The number of hydrogen-bond acceptors (Lipinski definition) is 3. The maximum absolute atomic E-state index is 12.9. The molecule has 0 aromatic heterocycles. The number of hydrogen-bond donors (Lipinski definition) is 0. The van der Waals surface area contributed by atoms with Crippen LogP contribution in [-0.2, 0) is 9.53 Å².